The van der Waals surface area contributed by atoms with Gasteiger partial charge < -0.3 is 24.8 Å². The molecule has 0 radical (unpaired) electrons. The number of nitrogens with zero attached hydrogens (tertiary/aromatic N) is 3. The highest BCUT2D eigenvalue weighted by molar-refractivity contribution is 6.03. The summed E-state index contributed by atoms with van der Waals surface area (Å²) in [5.41, 5.74) is 5.10. The molecular weight excluding hydrogens is 649 g/mol. The van der Waals surface area contributed by atoms with Crippen LogP contribution in [0.25, 0.3) is 11.0 Å². The Balaban J connectivity index is 1.33. The van der Waals surface area contributed by atoms with Crippen LogP contribution in [0.4, 0.5) is 5.69 Å². The van der Waals surface area contributed by atoms with E-state index in [1.165, 1.54) is 83.2 Å². The molecule has 2 N–H and O–H groups in total. The Morgan fingerprint density at radius 1 is 0.769 bits per heavy atom. The van der Waals surface area contributed by atoms with Crippen LogP contribution in [0.15, 0.2) is 79.0 Å². The molecule has 52 heavy (non-hydrogen) atoms. The summed E-state index contributed by atoms with van der Waals surface area (Å²) in [4.78, 5) is 24.8. The van der Waals surface area contributed by atoms with Gasteiger partial charge in [-0.1, -0.05) is 134 Å². The number of ether oxygens (including phenoxy) is 2. The summed E-state index contributed by atoms with van der Waals surface area (Å²) in [6, 6.07) is 23.3. The maximum Gasteiger partial charge on any atom is 0.275 e. The first-order chi connectivity index (χ1) is 25.5. The van der Waals surface area contributed by atoms with E-state index in [1.807, 2.05) is 60.7 Å². The second-order valence-electron chi connectivity index (χ2n) is 14.5. The lowest BCUT2D eigenvalue weighted by molar-refractivity contribution is -0.276. The number of unbranched alkanes of at least 4 members (excludes halogenated alkanes) is 10. The van der Waals surface area contributed by atoms with E-state index in [-0.39, 0.29) is 36.3 Å². The molecule has 0 bridgehead atoms. The zero-order chi connectivity index (χ0) is 36.5. The van der Waals surface area contributed by atoms with Crippen molar-refractivity contribution in [2.45, 2.75) is 123 Å². The van der Waals surface area contributed by atoms with Crippen molar-refractivity contribution in [1.82, 2.24) is 14.9 Å². The van der Waals surface area contributed by atoms with Crippen LogP contribution < -0.4 is 5.32 Å². The van der Waals surface area contributed by atoms with Crippen molar-refractivity contribution in [2.24, 2.45) is 5.92 Å². The number of benzene rings is 3. The molecule has 1 aliphatic rings. The fraction of sp³-hybridized carbons (Fsp3) is 0.523. The lowest BCUT2D eigenvalue weighted by Gasteiger charge is -2.43. The van der Waals surface area contributed by atoms with E-state index in [0.29, 0.717) is 11.2 Å². The second-order valence-corrected chi connectivity index (χ2v) is 14.5. The summed E-state index contributed by atoms with van der Waals surface area (Å²) >= 11 is 0. The van der Waals surface area contributed by atoms with Gasteiger partial charge in [0.1, 0.15) is 5.69 Å². The Kier molecular flexibility index (Phi) is 16.1. The third kappa shape index (κ3) is 11.7. The number of amides is 1. The van der Waals surface area contributed by atoms with Crippen molar-refractivity contribution in [1.29, 1.82) is 0 Å². The number of carbonyl (C=O) groups excluding carboxylic acids is 1. The lowest BCUT2D eigenvalue weighted by atomic mass is 9.90. The SMILES string of the molecule is CCCCCCCCN(CCCCCCCC)C[C@H]1O[C@@H](c2cccc(NC(=O)c3cnc4ccccc4n3)c2)O[C@@H](c2ccc(CO)cc2)[C@H]1C. The molecular formula is C44H60N4O4. The minimum absolute atomic E-state index is 0.00483. The molecule has 1 amide bonds. The van der Waals surface area contributed by atoms with Gasteiger partial charge in [0, 0.05) is 23.7 Å². The summed E-state index contributed by atoms with van der Waals surface area (Å²) in [5, 5.41) is 12.7. The van der Waals surface area contributed by atoms with Gasteiger partial charge in [-0.15, -0.1) is 0 Å². The Morgan fingerprint density at radius 2 is 1.42 bits per heavy atom. The van der Waals surface area contributed by atoms with Crippen LogP contribution in [0.3, 0.4) is 0 Å². The van der Waals surface area contributed by atoms with E-state index < -0.39 is 6.29 Å². The Morgan fingerprint density at radius 3 is 2.10 bits per heavy atom. The molecule has 4 atom stereocenters. The van der Waals surface area contributed by atoms with E-state index >= 15 is 0 Å². The zero-order valence-electron chi connectivity index (χ0n) is 31.6. The van der Waals surface area contributed by atoms with E-state index in [2.05, 4.69) is 53.1 Å². The average molecular weight is 709 g/mol. The van der Waals surface area contributed by atoms with E-state index in [9.17, 15) is 9.90 Å². The molecule has 1 saturated heterocycles. The fourth-order valence-electron chi connectivity index (χ4n) is 7.13. The molecule has 8 nitrogen and oxygen atoms in total. The molecule has 0 saturated carbocycles. The first-order valence-electron chi connectivity index (χ1n) is 19.8. The van der Waals surface area contributed by atoms with Gasteiger partial charge in [0.25, 0.3) is 5.91 Å². The lowest BCUT2D eigenvalue weighted by Crippen LogP contribution is -2.45. The standard InChI is InChI=1S/C44H60N4O4/c1-4-6-8-10-12-16-27-48(28-17-13-11-9-7-5-2)31-41-33(3)42(35-25-23-34(32-49)24-26-35)52-44(51-41)36-19-18-20-37(29-36)46-43(50)40-30-45-38-21-14-15-22-39(38)47-40/h14-15,18-26,29-30,33,41-42,44,49H,4-13,16-17,27-28,31-32H2,1-3H3,(H,46,50)/t33-,41+,42+,44+/m0/s1. The number of aromatic nitrogens is 2. The quantitative estimate of drug-likeness (QED) is 0.0832. The predicted molar refractivity (Wildman–Crippen MR) is 210 cm³/mol. The number of anilines is 1. The maximum atomic E-state index is 13.3. The van der Waals surface area contributed by atoms with Gasteiger partial charge in [0.2, 0.25) is 0 Å². The molecule has 280 valence electrons. The van der Waals surface area contributed by atoms with Crippen molar-refractivity contribution in [3.05, 3.63) is 101 Å². The smallest absolute Gasteiger partial charge is 0.275 e. The number of hydrogen-bond acceptors (Lipinski definition) is 7. The van der Waals surface area contributed by atoms with Crippen molar-refractivity contribution >= 4 is 22.6 Å². The number of nitrogens with one attached hydrogen (secondary N) is 1. The van der Waals surface area contributed by atoms with E-state index in [4.69, 9.17) is 9.47 Å². The molecule has 8 heteroatoms. The zero-order valence-corrected chi connectivity index (χ0v) is 31.6. The molecule has 0 spiro atoms. The monoisotopic (exact) mass is 708 g/mol. The maximum absolute atomic E-state index is 13.3. The average Bonchev–Trinajstić information content (AvgIpc) is 3.18. The largest absolute Gasteiger partial charge is 0.392 e. The number of carbonyl (C=O) groups is 1. The molecule has 1 aliphatic heterocycles. The Hall–Kier alpha value is -3.69. The van der Waals surface area contributed by atoms with Gasteiger partial charge in [0.15, 0.2) is 6.29 Å². The van der Waals surface area contributed by atoms with Crippen molar-refractivity contribution < 1.29 is 19.4 Å². The van der Waals surface area contributed by atoms with E-state index in [1.54, 1.807) is 0 Å². The third-order valence-electron chi connectivity index (χ3n) is 10.3. The van der Waals surface area contributed by atoms with Gasteiger partial charge in [0.05, 0.1) is 36.0 Å². The Labute approximate surface area is 311 Å². The van der Waals surface area contributed by atoms with Gasteiger partial charge in [-0.25, -0.2) is 4.98 Å². The Bertz CT molecular complexity index is 1630. The van der Waals surface area contributed by atoms with Gasteiger partial charge >= 0.3 is 0 Å². The van der Waals surface area contributed by atoms with Crippen LogP contribution in [-0.2, 0) is 16.1 Å². The van der Waals surface area contributed by atoms with Crippen LogP contribution in [-0.4, -0.2) is 51.6 Å². The molecule has 5 rings (SSSR count). The molecule has 1 fully saturated rings. The number of hydrogen-bond donors (Lipinski definition) is 2. The minimum Gasteiger partial charge on any atom is -0.392 e. The van der Waals surface area contributed by atoms with Gasteiger partial charge in [-0.05, 0) is 61.3 Å². The first kappa shape index (κ1) is 39.5. The van der Waals surface area contributed by atoms with Crippen LogP contribution in [0.1, 0.15) is 137 Å². The van der Waals surface area contributed by atoms with Crippen molar-refractivity contribution in [3.63, 3.8) is 0 Å². The van der Waals surface area contributed by atoms with Crippen LogP contribution in [0.2, 0.25) is 0 Å². The minimum atomic E-state index is -0.619. The number of fused-ring (bicyclic) bond motifs is 1. The third-order valence-corrected chi connectivity index (χ3v) is 10.3. The highest BCUT2D eigenvalue weighted by Gasteiger charge is 2.39. The molecule has 2 heterocycles. The number of para-hydroxylation sites is 2. The molecule has 1 aromatic heterocycles. The normalized spacial score (nSPS) is 18.9. The predicted octanol–water partition coefficient (Wildman–Crippen LogP) is 10.2. The summed E-state index contributed by atoms with van der Waals surface area (Å²) < 4.78 is 13.7. The summed E-state index contributed by atoms with van der Waals surface area (Å²) in [6.45, 7) is 9.78. The number of aliphatic hydroxyl groups excluding tert-OH is 1. The summed E-state index contributed by atoms with van der Waals surface area (Å²) in [7, 11) is 0. The molecule has 0 unspecified atom stereocenters. The van der Waals surface area contributed by atoms with Gasteiger partial charge in [-0.2, -0.15) is 0 Å². The summed E-state index contributed by atoms with van der Waals surface area (Å²) in [5.74, 6) is -0.225. The van der Waals surface area contributed by atoms with Crippen molar-refractivity contribution in [3.8, 4) is 0 Å². The second kappa shape index (κ2) is 21.1. The van der Waals surface area contributed by atoms with Gasteiger partial charge in [-0.3, -0.25) is 9.78 Å². The first-order valence-corrected chi connectivity index (χ1v) is 19.8. The number of aliphatic hydroxyl groups is 1. The fourth-order valence-corrected chi connectivity index (χ4v) is 7.13. The number of rotatable bonds is 21. The highest BCUT2D eigenvalue weighted by atomic mass is 16.7. The summed E-state index contributed by atoms with van der Waals surface area (Å²) in [6.07, 6.45) is 16.0. The van der Waals surface area contributed by atoms with Crippen LogP contribution in [0.5, 0.6) is 0 Å². The molecule has 0 aliphatic carbocycles. The van der Waals surface area contributed by atoms with Crippen molar-refractivity contribution in [2.75, 3.05) is 25.0 Å². The molecule has 3 aromatic carbocycles. The van der Waals surface area contributed by atoms with Crippen LogP contribution >= 0.6 is 0 Å². The van der Waals surface area contributed by atoms with E-state index in [0.717, 1.165) is 41.8 Å². The highest BCUT2D eigenvalue weighted by Crippen LogP contribution is 2.42. The van der Waals surface area contributed by atoms with Crippen LogP contribution in [0, 0.1) is 5.92 Å². The topological polar surface area (TPSA) is 96.8 Å². The molecule has 4 aromatic rings.